The fraction of sp³-hybridized carbons (Fsp3) is 0.600. The normalized spacial score (nSPS) is 16.0. The molecule has 0 fully saturated rings. The first-order valence-electron chi connectivity index (χ1n) is 7.60. The van der Waals surface area contributed by atoms with Gasteiger partial charge in [0.05, 0.1) is 0 Å². The zero-order valence-corrected chi connectivity index (χ0v) is 17.2. The van der Waals surface area contributed by atoms with E-state index in [0.717, 1.165) is 31.3 Å². The SMILES string of the molecule is CC(C)=CCC/C(C)=C/CC/C(C)=C/CSP(=O)(O)OP(=O)(O)O. The van der Waals surface area contributed by atoms with Crippen LogP contribution in [-0.2, 0) is 13.4 Å². The van der Waals surface area contributed by atoms with Crippen molar-refractivity contribution in [1.82, 2.24) is 0 Å². The molecular weight excluding hydrogens is 370 g/mol. The molecule has 24 heavy (non-hydrogen) atoms. The Morgan fingerprint density at radius 2 is 1.42 bits per heavy atom. The maximum Gasteiger partial charge on any atom is 0.477 e. The molecule has 9 heteroatoms. The van der Waals surface area contributed by atoms with Crippen LogP contribution in [0.2, 0.25) is 0 Å². The quantitative estimate of drug-likeness (QED) is 0.318. The Morgan fingerprint density at radius 1 is 0.917 bits per heavy atom. The van der Waals surface area contributed by atoms with Crippen LogP contribution in [0.3, 0.4) is 0 Å². The second-order valence-corrected chi connectivity index (χ2v) is 11.1. The Bertz CT molecular complexity index is 573. The van der Waals surface area contributed by atoms with Crippen LogP contribution in [0.4, 0.5) is 0 Å². The Hall–Kier alpha value is -0.130. The Kier molecular flexibility index (Phi) is 11.4. The van der Waals surface area contributed by atoms with Gasteiger partial charge in [-0.15, -0.1) is 0 Å². The number of allylic oxidation sites excluding steroid dienone is 5. The summed E-state index contributed by atoms with van der Waals surface area (Å²) in [4.78, 5) is 26.4. The van der Waals surface area contributed by atoms with Crippen LogP contribution in [0, 0.1) is 0 Å². The molecule has 6 nitrogen and oxygen atoms in total. The molecule has 0 aromatic rings. The molecule has 0 amide bonds. The van der Waals surface area contributed by atoms with Crippen LogP contribution in [-0.4, -0.2) is 20.4 Å². The predicted molar refractivity (Wildman–Crippen MR) is 101 cm³/mol. The molecule has 0 radical (unpaired) electrons. The summed E-state index contributed by atoms with van der Waals surface area (Å²) < 4.78 is 25.9. The smallest absolute Gasteiger partial charge is 0.316 e. The van der Waals surface area contributed by atoms with Crippen LogP contribution in [0.1, 0.15) is 53.4 Å². The van der Waals surface area contributed by atoms with Crippen LogP contribution >= 0.6 is 26.0 Å². The third kappa shape index (κ3) is 15.4. The fourth-order valence-corrected chi connectivity index (χ4v) is 5.58. The molecule has 140 valence electrons. The van der Waals surface area contributed by atoms with E-state index in [2.05, 4.69) is 37.2 Å². The molecule has 0 aliphatic heterocycles. The van der Waals surface area contributed by atoms with Crippen LogP contribution in [0.25, 0.3) is 0 Å². The van der Waals surface area contributed by atoms with Gasteiger partial charge < -0.3 is 14.7 Å². The molecule has 0 heterocycles. The molecule has 0 aliphatic carbocycles. The van der Waals surface area contributed by atoms with E-state index in [9.17, 15) is 14.0 Å². The topological polar surface area (TPSA) is 104 Å². The van der Waals surface area contributed by atoms with E-state index in [0.29, 0.717) is 11.4 Å². The number of hydrogen-bond donors (Lipinski definition) is 3. The molecule has 0 spiro atoms. The third-order valence-corrected chi connectivity index (χ3v) is 7.35. The largest absolute Gasteiger partial charge is 0.477 e. The van der Waals surface area contributed by atoms with Crippen LogP contribution < -0.4 is 0 Å². The molecule has 0 aromatic heterocycles. The van der Waals surface area contributed by atoms with Gasteiger partial charge in [-0.2, -0.15) is 4.31 Å². The second-order valence-electron chi connectivity index (χ2n) is 5.80. The lowest BCUT2D eigenvalue weighted by Gasteiger charge is -2.10. The van der Waals surface area contributed by atoms with E-state index in [1.165, 1.54) is 11.1 Å². The van der Waals surface area contributed by atoms with Gasteiger partial charge in [0.15, 0.2) is 0 Å². The van der Waals surface area contributed by atoms with Crippen molar-refractivity contribution in [1.29, 1.82) is 0 Å². The summed E-state index contributed by atoms with van der Waals surface area (Å²) >= 11 is 0.486. The van der Waals surface area contributed by atoms with E-state index in [1.54, 1.807) is 6.08 Å². The van der Waals surface area contributed by atoms with Gasteiger partial charge in [0.2, 0.25) is 0 Å². The van der Waals surface area contributed by atoms with Crippen molar-refractivity contribution < 1.29 is 28.1 Å². The van der Waals surface area contributed by atoms with E-state index in [-0.39, 0.29) is 5.75 Å². The molecule has 0 rings (SSSR count). The molecule has 0 aromatic carbocycles. The summed E-state index contributed by atoms with van der Waals surface area (Å²) in [6.45, 7) is 3.85. The van der Waals surface area contributed by atoms with Crippen molar-refractivity contribution in [3.8, 4) is 0 Å². The van der Waals surface area contributed by atoms with Crippen molar-refractivity contribution in [3.63, 3.8) is 0 Å². The highest BCUT2D eigenvalue weighted by Crippen LogP contribution is 2.64. The van der Waals surface area contributed by atoms with Crippen LogP contribution in [0.15, 0.2) is 34.9 Å². The summed E-state index contributed by atoms with van der Waals surface area (Å²) in [5.74, 6) is 0.156. The minimum Gasteiger partial charge on any atom is -0.316 e. The summed E-state index contributed by atoms with van der Waals surface area (Å²) in [7, 11) is -4.96. The zero-order valence-electron chi connectivity index (χ0n) is 14.6. The molecule has 1 unspecified atom stereocenters. The molecule has 0 saturated carbocycles. The van der Waals surface area contributed by atoms with Gasteiger partial charge in [0.25, 0.3) is 0 Å². The molecule has 0 aliphatic rings. The summed E-state index contributed by atoms with van der Waals surface area (Å²) in [5, 5.41) is 0. The van der Waals surface area contributed by atoms with E-state index >= 15 is 0 Å². The van der Waals surface area contributed by atoms with Crippen molar-refractivity contribution in [2.24, 2.45) is 0 Å². The van der Waals surface area contributed by atoms with Crippen molar-refractivity contribution in [2.75, 3.05) is 5.75 Å². The zero-order chi connectivity index (χ0) is 18.8. The standard InChI is InChI=1S/C15H28O6P2S/c1-13(2)7-5-8-14(3)9-6-10-15(4)11-12-24-23(19,20)21-22(16,17)18/h7,9,11H,5-6,8,10,12H2,1-4H3,(H,19,20)(H2,16,17,18)/b14-9+,15-11+. The number of hydrogen-bond acceptors (Lipinski definition) is 4. The molecule has 0 bridgehead atoms. The first-order valence-corrected chi connectivity index (χ1v) is 12.3. The minimum atomic E-state index is -4.96. The predicted octanol–water partition coefficient (Wildman–Crippen LogP) is 5.35. The van der Waals surface area contributed by atoms with E-state index < -0.39 is 14.6 Å². The maximum atomic E-state index is 11.4. The van der Waals surface area contributed by atoms with Crippen LogP contribution in [0.5, 0.6) is 0 Å². The highest BCUT2D eigenvalue weighted by Gasteiger charge is 2.30. The van der Waals surface area contributed by atoms with Crippen molar-refractivity contribution in [2.45, 2.75) is 53.4 Å². The highest BCUT2D eigenvalue weighted by atomic mass is 32.7. The van der Waals surface area contributed by atoms with Gasteiger partial charge in [0.1, 0.15) is 0 Å². The molecule has 1 atom stereocenters. The highest BCUT2D eigenvalue weighted by molar-refractivity contribution is 8.55. The monoisotopic (exact) mass is 398 g/mol. The van der Waals surface area contributed by atoms with Gasteiger partial charge in [-0.1, -0.05) is 34.9 Å². The van der Waals surface area contributed by atoms with Gasteiger partial charge in [0, 0.05) is 5.75 Å². The van der Waals surface area contributed by atoms with Gasteiger partial charge in [-0.3, -0.25) is 0 Å². The Morgan fingerprint density at radius 3 is 1.92 bits per heavy atom. The van der Waals surface area contributed by atoms with Crippen molar-refractivity contribution >= 4 is 26.0 Å². The van der Waals surface area contributed by atoms with Gasteiger partial charge in [-0.25, -0.2) is 9.13 Å². The van der Waals surface area contributed by atoms with Gasteiger partial charge in [-0.05, 0) is 64.8 Å². The van der Waals surface area contributed by atoms with E-state index in [4.69, 9.17) is 9.79 Å². The summed E-state index contributed by atoms with van der Waals surface area (Å²) in [6.07, 6.45) is 9.98. The number of rotatable bonds is 11. The molecular formula is C15H28O6P2S. The average molecular weight is 398 g/mol. The Balaban J connectivity index is 4.18. The maximum absolute atomic E-state index is 11.4. The van der Waals surface area contributed by atoms with E-state index in [1.807, 2.05) is 6.92 Å². The fourth-order valence-electron chi connectivity index (χ4n) is 1.77. The minimum absolute atomic E-state index is 0.156. The van der Waals surface area contributed by atoms with Crippen molar-refractivity contribution in [3.05, 3.63) is 34.9 Å². The second kappa shape index (κ2) is 11.5. The lowest BCUT2D eigenvalue weighted by Crippen LogP contribution is -1.86. The molecule has 3 N–H and O–H groups in total. The summed E-state index contributed by atoms with van der Waals surface area (Å²) in [5.41, 5.74) is 3.71. The lowest BCUT2D eigenvalue weighted by atomic mass is 10.1. The van der Waals surface area contributed by atoms with Gasteiger partial charge >= 0.3 is 14.6 Å². The average Bonchev–Trinajstić information content (AvgIpc) is 2.34. The third-order valence-electron chi connectivity index (χ3n) is 3.00. The first kappa shape index (κ1) is 23.9. The Labute approximate surface area is 148 Å². The first-order chi connectivity index (χ1) is 10.9. The molecule has 0 saturated heterocycles. The lowest BCUT2D eigenvalue weighted by molar-refractivity contribution is 0.270. The summed E-state index contributed by atoms with van der Waals surface area (Å²) in [6, 6.07) is 0. The number of phosphoric acid groups is 1.